The van der Waals surface area contributed by atoms with Gasteiger partial charge in [0, 0.05) is 56.6 Å². The van der Waals surface area contributed by atoms with Crippen LogP contribution in [0.2, 0.25) is 0 Å². The van der Waals surface area contributed by atoms with Crippen molar-refractivity contribution in [1.82, 2.24) is 30.3 Å². The van der Waals surface area contributed by atoms with Crippen molar-refractivity contribution in [2.75, 3.05) is 50.8 Å². The molecular formula is C28H37N7O3. The highest BCUT2D eigenvalue weighted by Gasteiger charge is 2.20. The first kappa shape index (κ1) is 27.0. The Morgan fingerprint density at radius 2 is 1.76 bits per heavy atom. The van der Waals surface area contributed by atoms with E-state index in [1.807, 2.05) is 62.9 Å². The second kappa shape index (κ2) is 12.4. The number of rotatable bonds is 8. The summed E-state index contributed by atoms with van der Waals surface area (Å²) in [6, 6.07) is 11.6. The van der Waals surface area contributed by atoms with E-state index in [2.05, 4.69) is 31.7 Å². The largest absolute Gasteiger partial charge is 0.492 e. The molecule has 4 rings (SSSR count). The lowest BCUT2D eigenvalue weighted by Crippen LogP contribution is -2.44. The van der Waals surface area contributed by atoms with Crippen molar-refractivity contribution in [3.05, 3.63) is 65.2 Å². The van der Waals surface area contributed by atoms with Crippen LogP contribution in [-0.2, 0) is 0 Å². The standard InChI is InChI=1S/C28H37N7O3/c1-5-38-26-18-24(9-10-25(26)35-19-31-22(4)32-35)33-13-6-14-34(16-15-33)28(37)30-12-11-29-27(36)23-8-7-20(2)21(3)17-23/h7-10,17-19H,5-6,11-16H2,1-4H3,(H,29,36)(H,30,37). The quantitative estimate of drug-likeness (QED) is 0.443. The van der Waals surface area contributed by atoms with Gasteiger partial charge in [0.25, 0.3) is 5.91 Å². The van der Waals surface area contributed by atoms with Crippen molar-refractivity contribution >= 4 is 17.6 Å². The van der Waals surface area contributed by atoms with Gasteiger partial charge in [0.15, 0.2) is 0 Å². The topological polar surface area (TPSA) is 105 Å². The maximum Gasteiger partial charge on any atom is 0.317 e. The van der Waals surface area contributed by atoms with Gasteiger partial charge in [-0.05, 0) is 69.5 Å². The van der Waals surface area contributed by atoms with Gasteiger partial charge >= 0.3 is 6.03 Å². The van der Waals surface area contributed by atoms with E-state index in [0.29, 0.717) is 50.7 Å². The van der Waals surface area contributed by atoms with Crippen molar-refractivity contribution in [1.29, 1.82) is 0 Å². The minimum atomic E-state index is -0.135. The van der Waals surface area contributed by atoms with E-state index in [9.17, 15) is 9.59 Å². The highest BCUT2D eigenvalue weighted by molar-refractivity contribution is 5.94. The summed E-state index contributed by atoms with van der Waals surface area (Å²) >= 11 is 0. The number of nitrogens with zero attached hydrogens (tertiary/aromatic N) is 5. The molecule has 0 saturated carbocycles. The van der Waals surface area contributed by atoms with E-state index in [0.717, 1.165) is 41.2 Å². The first-order valence-corrected chi connectivity index (χ1v) is 13.1. The maximum atomic E-state index is 12.8. The Hall–Kier alpha value is -4.08. The first-order valence-electron chi connectivity index (χ1n) is 13.1. The van der Waals surface area contributed by atoms with Crippen LogP contribution in [0.25, 0.3) is 5.69 Å². The maximum absolute atomic E-state index is 12.8. The number of amides is 3. The van der Waals surface area contributed by atoms with E-state index in [1.54, 1.807) is 11.0 Å². The molecule has 38 heavy (non-hydrogen) atoms. The van der Waals surface area contributed by atoms with E-state index in [-0.39, 0.29) is 11.9 Å². The zero-order valence-corrected chi connectivity index (χ0v) is 22.7. The molecule has 0 aliphatic carbocycles. The van der Waals surface area contributed by atoms with Gasteiger partial charge in [-0.3, -0.25) is 4.79 Å². The Labute approximate surface area is 224 Å². The Balaban J connectivity index is 1.28. The van der Waals surface area contributed by atoms with Gasteiger partial charge in [-0.2, -0.15) is 5.10 Å². The number of urea groups is 1. The average molecular weight is 520 g/mol. The van der Waals surface area contributed by atoms with Gasteiger partial charge in [0.2, 0.25) is 0 Å². The van der Waals surface area contributed by atoms with Crippen molar-refractivity contribution in [3.63, 3.8) is 0 Å². The normalized spacial score (nSPS) is 13.7. The molecule has 10 nitrogen and oxygen atoms in total. The number of anilines is 1. The number of carbonyl (C=O) groups excluding carboxylic acids is 2. The summed E-state index contributed by atoms with van der Waals surface area (Å²) in [7, 11) is 0. The predicted molar refractivity (Wildman–Crippen MR) is 147 cm³/mol. The number of aryl methyl sites for hydroxylation is 3. The van der Waals surface area contributed by atoms with Gasteiger partial charge in [-0.15, -0.1) is 0 Å². The van der Waals surface area contributed by atoms with E-state index < -0.39 is 0 Å². The lowest BCUT2D eigenvalue weighted by molar-refractivity contribution is 0.0953. The van der Waals surface area contributed by atoms with Gasteiger partial charge in [-0.1, -0.05) is 6.07 Å². The molecule has 2 aromatic carbocycles. The highest BCUT2D eigenvalue weighted by atomic mass is 16.5. The molecule has 1 saturated heterocycles. The molecule has 2 N–H and O–H groups in total. The molecule has 3 aromatic rings. The second-order valence-electron chi connectivity index (χ2n) is 9.44. The lowest BCUT2D eigenvalue weighted by Gasteiger charge is -2.25. The van der Waals surface area contributed by atoms with E-state index in [1.165, 1.54) is 0 Å². The molecular weight excluding hydrogens is 482 g/mol. The van der Waals surface area contributed by atoms with Gasteiger partial charge in [0.1, 0.15) is 23.6 Å². The number of hydrogen-bond acceptors (Lipinski definition) is 6. The van der Waals surface area contributed by atoms with Crippen LogP contribution in [-0.4, -0.2) is 77.5 Å². The van der Waals surface area contributed by atoms with E-state index in [4.69, 9.17) is 4.74 Å². The number of hydrogen-bond donors (Lipinski definition) is 2. The smallest absolute Gasteiger partial charge is 0.317 e. The summed E-state index contributed by atoms with van der Waals surface area (Å²) in [5.74, 6) is 1.31. The zero-order chi connectivity index (χ0) is 27.1. The van der Waals surface area contributed by atoms with Crippen molar-refractivity contribution in [2.24, 2.45) is 0 Å². The third-order valence-electron chi connectivity index (χ3n) is 6.70. The molecule has 0 unspecified atom stereocenters. The summed E-state index contributed by atoms with van der Waals surface area (Å²) < 4.78 is 7.64. The molecule has 1 aliphatic rings. The third-order valence-corrected chi connectivity index (χ3v) is 6.70. The fraction of sp³-hybridized carbons (Fsp3) is 0.429. The Kier molecular flexibility index (Phi) is 8.83. The Morgan fingerprint density at radius 3 is 2.50 bits per heavy atom. The number of carbonyl (C=O) groups is 2. The number of nitrogens with one attached hydrogen (secondary N) is 2. The first-order chi connectivity index (χ1) is 18.4. The molecule has 0 radical (unpaired) electrons. The van der Waals surface area contributed by atoms with Crippen LogP contribution in [0.3, 0.4) is 0 Å². The number of ether oxygens (including phenoxy) is 1. The van der Waals surface area contributed by atoms with Gasteiger partial charge < -0.3 is 25.2 Å². The van der Waals surface area contributed by atoms with Crippen LogP contribution in [0.4, 0.5) is 10.5 Å². The predicted octanol–water partition coefficient (Wildman–Crippen LogP) is 3.24. The van der Waals surface area contributed by atoms with E-state index >= 15 is 0 Å². The fourth-order valence-electron chi connectivity index (χ4n) is 4.44. The van der Waals surface area contributed by atoms with Crippen molar-refractivity contribution < 1.29 is 14.3 Å². The van der Waals surface area contributed by atoms with Crippen molar-refractivity contribution in [3.8, 4) is 11.4 Å². The monoisotopic (exact) mass is 519 g/mol. The molecule has 0 bridgehead atoms. The summed E-state index contributed by atoms with van der Waals surface area (Å²) in [5.41, 5.74) is 4.75. The summed E-state index contributed by atoms with van der Waals surface area (Å²) in [5, 5.41) is 10.2. The second-order valence-corrected chi connectivity index (χ2v) is 9.44. The molecule has 1 aromatic heterocycles. The number of benzene rings is 2. The molecule has 3 amide bonds. The minimum Gasteiger partial charge on any atom is -0.492 e. The van der Waals surface area contributed by atoms with Crippen molar-refractivity contribution in [2.45, 2.75) is 34.1 Å². The summed E-state index contributed by atoms with van der Waals surface area (Å²) in [6.45, 7) is 11.9. The van der Waals surface area contributed by atoms with Crippen LogP contribution in [0.1, 0.15) is 40.7 Å². The minimum absolute atomic E-state index is 0.112. The Bertz CT molecular complexity index is 1270. The molecule has 2 heterocycles. The molecule has 10 heteroatoms. The summed E-state index contributed by atoms with van der Waals surface area (Å²) in [6.07, 6.45) is 2.54. The lowest BCUT2D eigenvalue weighted by atomic mass is 10.1. The Morgan fingerprint density at radius 1 is 0.947 bits per heavy atom. The number of aromatic nitrogens is 3. The highest BCUT2D eigenvalue weighted by Crippen LogP contribution is 2.29. The molecule has 1 fully saturated rings. The summed E-state index contributed by atoms with van der Waals surface area (Å²) in [4.78, 5) is 33.5. The van der Waals surface area contributed by atoms with Gasteiger partial charge in [0.05, 0.1) is 6.61 Å². The third kappa shape index (κ3) is 6.62. The molecule has 0 atom stereocenters. The average Bonchev–Trinajstić information content (AvgIpc) is 3.18. The van der Waals surface area contributed by atoms with Crippen LogP contribution in [0, 0.1) is 20.8 Å². The molecule has 0 spiro atoms. The fourth-order valence-corrected chi connectivity index (χ4v) is 4.44. The van der Waals surface area contributed by atoms with Crippen LogP contribution >= 0.6 is 0 Å². The molecule has 1 aliphatic heterocycles. The van der Waals surface area contributed by atoms with Crippen LogP contribution in [0.5, 0.6) is 5.75 Å². The van der Waals surface area contributed by atoms with Gasteiger partial charge in [-0.25, -0.2) is 14.5 Å². The molecule has 202 valence electrons. The zero-order valence-electron chi connectivity index (χ0n) is 22.7. The van der Waals surface area contributed by atoms with Crippen LogP contribution in [0.15, 0.2) is 42.7 Å². The SMILES string of the molecule is CCOc1cc(N2CCCN(C(=O)NCCNC(=O)c3ccc(C)c(C)c3)CC2)ccc1-n1cnc(C)n1. The van der Waals surface area contributed by atoms with Crippen LogP contribution < -0.4 is 20.3 Å².